The van der Waals surface area contributed by atoms with Crippen LogP contribution in [0.4, 0.5) is 10.6 Å². The van der Waals surface area contributed by atoms with Gasteiger partial charge in [0.15, 0.2) is 5.82 Å². The van der Waals surface area contributed by atoms with Gasteiger partial charge in [0, 0.05) is 25.8 Å². The molecule has 0 aromatic carbocycles. The van der Waals surface area contributed by atoms with E-state index in [1.807, 2.05) is 6.92 Å². The predicted octanol–water partition coefficient (Wildman–Crippen LogP) is 2.02. The van der Waals surface area contributed by atoms with E-state index in [-0.39, 0.29) is 12.1 Å². The number of piperidine rings is 1. The molecule has 1 aliphatic heterocycles. The second-order valence-electron chi connectivity index (χ2n) is 4.42. The van der Waals surface area contributed by atoms with E-state index in [0.717, 1.165) is 19.4 Å². The molecule has 2 rings (SSSR count). The zero-order chi connectivity index (χ0) is 13.0. The van der Waals surface area contributed by atoms with Gasteiger partial charge in [-0.2, -0.15) is 0 Å². The number of nitrogens with zero attached hydrogens (tertiary/aromatic N) is 2. The molecule has 1 aliphatic rings. The van der Waals surface area contributed by atoms with E-state index in [9.17, 15) is 4.79 Å². The minimum atomic E-state index is -0.146. The number of amides is 2. The second kappa shape index (κ2) is 5.86. The van der Waals surface area contributed by atoms with Gasteiger partial charge in [-0.25, -0.2) is 4.79 Å². The molecule has 0 aliphatic carbocycles. The number of carbonyl (C=O) groups excluding carboxylic acids is 1. The van der Waals surface area contributed by atoms with Crippen LogP contribution in [0, 0.1) is 6.92 Å². The highest BCUT2D eigenvalue weighted by Gasteiger charge is 2.24. The lowest BCUT2D eigenvalue weighted by atomic mass is 10.1. The van der Waals surface area contributed by atoms with Gasteiger partial charge in [0.25, 0.3) is 0 Å². The number of anilines is 1. The highest BCUT2D eigenvalue weighted by Crippen LogP contribution is 2.15. The molecule has 1 unspecified atom stereocenters. The Morgan fingerprint density at radius 2 is 2.56 bits per heavy atom. The van der Waals surface area contributed by atoms with Crippen molar-refractivity contribution in [3.05, 3.63) is 11.8 Å². The van der Waals surface area contributed by atoms with Crippen LogP contribution in [0.1, 0.15) is 25.5 Å². The summed E-state index contributed by atoms with van der Waals surface area (Å²) in [6, 6.07) is 1.55. The molecular weight excluding hydrogens is 234 g/mol. The summed E-state index contributed by atoms with van der Waals surface area (Å²) in [5.41, 5.74) is 0. The number of carbonyl (C=O) groups is 1. The summed E-state index contributed by atoms with van der Waals surface area (Å²) in [5, 5.41) is 6.46. The van der Waals surface area contributed by atoms with Crippen molar-refractivity contribution >= 4 is 11.8 Å². The highest BCUT2D eigenvalue weighted by atomic mass is 16.5. The summed E-state index contributed by atoms with van der Waals surface area (Å²) in [5.74, 6) is 1.13. The number of nitrogens with one attached hydrogen (secondary N) is 1. The molecule has 2 amide bonds. The van der Waals surface area contributed by atoms with Crippen LogP contribution in [-0.2, 0) is 4.74 Å². The lowest BCUT2D eigenvalue weighted by Crippen LogP contribution is -2.45. The standard InChI is InChI=1S/C12H19N3O3/c1-3-17-10-5-4-6-15(8-10)12(16)13-11-7-9(2)18-14-11/h7,10H,3-6,8H2,1-2H3,(H,13,14,16). The summed E-state index contributed by atoms with van der Waals surface area (Å²) in [7, 11) is 0. The molecule has 0 spiro atoms. The van der Waals surface area contributed by atoms with E-state index < -0.39 is 0 Å². The molecular formula is C12H19N3O3. The molecule has 100 valence electrons. The van der Waals surface area contributed by atoms with Crippen LogP contribution < -0.4 is 5.32 Å². The Hall–Kier alpha value is -1.56. The van der Waals surface area contributed by atoms with Crippen LogP contribution in [0.3, 0.4) is 0 Å². The van der Waals surface area contributed by atoms with Crippen LogP contribution in [0.5, 0.6) is 0 Å². The first kappa shape index (κ1) is 12.9. The van der Waals surface area contributed by atoms with E-state index >= 15 is 0 Å². The Balaban J connectivity index is 1.88. The molecule has 1 aromatic rings. The largest absolute Gasteiger partial charge is 0.377 e. The van der Waals surface area contributed by atoms with Gasteiger partial charge in [0.05, 0.1) is 6.10 Å². The first-order valence-electron chi connectivity index (χ1n) is 6.30. The van der Waals surface area contributed by atoms with Crippen molar-refractivity contribution < 1.29 is 14.1 Å². The fraction of sp³-hybridized carbons (Fsp3) is 0.667. The van der Waals surface area contributed by atoms with Crippen molar-refractivity contribution in [3.8, 4) is 0 Å². The van der Waals surface area contributed by atoms with Crippen molar-refractivity contribution in [2.75, 3.05) is 25.0 Å². The van der Waals surface area contributed by atoms with E-state index in [1.54, 1.807) is 17.9 Å². The van der Waals surface area contributed by atoms with Crippen LogP contribution in [0.25, 0.3) is 0 Å². The molecule has 1 atom stereocenters. The van der Waals surface area contributed by atoms with E-state index in [4.69, 9.17) is 9.26 Å². The SMILES string of the molecule is CCOC1CCCN(C(=O)Nc2cc(C)on2)C1. The van der Waals surface area contributed by atoms with Gasteiger partial charge in [-0.3, -0.25) is 5.32 Å². The van der Waals surface area contributed by atoms with E-state index in [0.29, 0.717) is 24.7 Å². The number of aryl methyl sites for hydroxylation is 1. The minimum absolute atomic E-state index is 0.146. The molecule has 1 fully saturated rings. The molecule has 0 bridgehead atoms. The number of rotatable bonds is 3. The van der Waals surface area contributed by atoms with Crippen molar-refractivity contribution in [2.24, 2.45) is 0 Å². The van der Waals surface area contributed by atoms with Gasteiger partial charge in [0.1, 0.15) is 5.76 Å². The van der Waals surface area contributed by atoms with Gasteiger partial charge in [-0.15, -0.1) is 0 Å². The smallest absolute Gasteiger partial charge is 0.323 e. The van der Waals surface area contributed by atoms with E-state index in [1.165, 1.54) is 0 Å². The molecule has 6 nitrogen and oxygen atoms in total. The minimum Gasteiger partial charge on any atom is -0.377 e. The maximum atomic E-state index is 12.0. The third-order valence-corrected chi connectivity index (χ3v) is 2.93. The fourth-order valence-corrected chi connectivity index (χ4v) is 2.11. The molecule has 1 N–H and O–H groups in total. The second-order valence-corrected chi connectivity index (χ2v) is 4.42. The normalized spacial score (nSPS) is 19.9. The van der Waals surface area contributed by atoms with Crippen LogP contribution in [-0.4, -0.2) is 41.9 Å². The van der Waals surface area contributed by atoms with Crippen molar-refractivity contribution in [1.29, 1.82) is 0 Å². The highest BCUT2D eigenvalue weighted by molar-refractivity contribution is 5.88. The zero-order valence-corrected chi connectivity index (χ0v) is 10.8. The Bertz CT molecular complexity index is 403. The predicted molar refractivity (Wildman–Crippen MR) is 66.5 cm³/mol. The topological polar surface area (TPSA) is 67.6 Å². The van der Waals surface area contributed by atoms with Crippen LogP contribution >= 0.6 is 0 Å². The average molecular weight is 253 g/mol. The Morgan fingerprint density at radius 3 is 3.22 bits per heavy atom. The monoisotopic (exact) mass is 253 g/mol. The van der Waals surface area contributed by atoms with Crippen molar-refractivity contribution in [2.45, 2.75) is 32.8 Å². The summed E-state index contributed by atoms with van der Waals surface area (Å²) in [6.07, 6.45) is 2.13. The first-order chi connectivity index (χ1) is 8.69. The van der Waals surface area contributed by atoms with Gasteiger partial charge >= 0.3 is 6.03 Å². The third kappa shape index (κ3) is 3.22. The number of likely N-dealkylation sites (tertiary alicyclic amines) is 1. The number of ether oxygens (including phenoxy) is 1. The Kier molecular flexibility index (Phi) is 4.19. The molecule has 1 saturated heterocycles. The van der Waals surface area contributed by atoms with Gasteiger partial charge in [-0.05, 0) is 26.7 Å². The number of hydrogen-bond donors (Lipinski definition) is 1. The number of urea groups is 1. The third-order valence-electron chi connectivity index (χ3n) is 2.93. The van der Waals surface area contributed by atoms with Gasteiger partial charge in [0.2, 0.25) is 0 Å². The quantitative estimate of drug-likeness (QED) is 0.894. The fourth-order valence-electron chi connectivity index (χ4n) is 2.11. The number of hydrogen-bond acceptors (Lipinski definition) is 4. The van der Waals surface area contributed by atoms with Gasteiger partial charge in [-0.1, -0.05) is 5.16 Å². The van der Waals surface area contributed by atoms with Gasteiger partial charge < -0.3 is 14.2 Å². The zero-order valence-electron chi connectivity index (χ0n) is 10.8. The number of aromatic nitrogens is 1. The lowest BCUT2D eigenvalue weighted by molar-refractivity contribution is 0.0181. The summed E-state index contributed by atoms with van der Waals surface area (Å²) in [6.45, 7) is 5.83. The molecule has 1 aromatic heterocycles. The van der Waals surface area contributed by atoms with Crippen molar-refractivity contribution in [3.63, 3.8) is 0 Å². The molecule has 0 radical (unpaired) electrons. The molecule has 6 heteroatoms. The maximum absolute atomic E-state index is 12.0. The summed E-state index contributed by atoms with van der Waals surface area (Å²) < 4.78 is 10.5. The van der Waals surface area contributed by atoms with Crippen molar-refractivity contribution in [1.82, 2.24) is 10.1 Å². The summed E-state index contributed by atoms with van der Waals surface area (Å²) in [4.78, 5) is 13.8. The molecule has 0 saturated carbocycles. The Morgan fingerprint density at radius 1 is 1.72 bits per heavy atom. The first-order valence-corrected chi connectivity index (χ1v) is 6.30. The van der Waals surface area contributed by atoms with Crippen LogP contribution in [0.15, 0.2) is 10.6 Å². The lowest BCUT2D eigenvalue weighted by Gasteiger charge is -2.32. The van der Waals surface area contributed by atoms with Crippen LogP contribution in [0.2, 0.25) is 0 Å². The molecule has 2 heterocycles. The maximum Gasteiger partial charge on any atom is 0.323 e. The average Bonchev–Trinajstić information content (AvgIpc) is 2.75. The Labute approximate surface area is 106 Å². The summed E-state index contributed by atoms with van der Waals surface area (Å²) >= 11 is 0. The van der Waals surface area contributed by atoms with E-state index in [2.05, 4.69) is 10.5 Å². The molecule has 18 heavy (non-hydrogen) atoms.